The van der Waals surface area contributed by atoms with Crippen LogP contribution in [0.3, 0.4) is 0 Å². The predicted molar refractivity (Wildman–Crippen MR) is 104 cm³/mol. The first-order valence-electron chi connectivity index (χ1n) is 8.43. The number of amides is 1. The summed E-state index contributed by atoms with van der Waals surface area (Å²) >= 11 is 1.26. The van der Waals surface area contributed by atoms with Crippen LogP contribution in [0.25, 0.3) is 21.9 Å². The summed E-state index contributed by atoms with van der Waals surface area (Å²) in [7, 11) is 1.59. The number of aromatic nitrogens is 3. The minimum atomic E-state index is -0.157. The fourth-order valence-electron chi connectivity index (χ4n) is 2.76. The minimum absolute atomic E-state index is 0.0721. The quantitative estimate of drug-likeness (QED) is 0.489. The van der Waals surface area contributed by atoms with E-state index in [0.29, 0.717) is 29.3 Å². The Hall–Kier alpha value is -2.32. The normalized spacial score (nSPS) is 11.5. The third-order valence-corrected chi connectivity index (χ3v) is 4.85. The first-order valence-corrected chi connectivity index (χ1v) is 9.42. The molecule has 0 aliphatic rings. The molecule has 1 amide bonds. The van der Waals surface area contributed by atoms with Crippen LogP contribution in [0.15, 0.2) is 34.2 Å². The number of methoxy groups -OCH3 is 1. The number of para-hydroxylation sites is 1. The number of rotatable bonds is 7. The Balaban J connectivity index is 2.04. The summed E-state index contributed by atoms with van der Waals surface area (Å²) in [6.07, 6.45) is 0. The molecule has 0 aliphatic carbocycles. The molecule has 0 aliphatic heterocycles. The van der Waals surface area contributed by atoms with Gasteiger partial charge in [-0.2, -0.15) is 0 Å². The van der Waals surface area contributed by atoms with E-state index in [1.807, 2.05) is 38.1 Å². The van der Waals surface area contributed by atoms with Gasteiger partial charge in [-0.15, -0.1) is 0 Å². The summed E-state index contributed by atoms with van der Waals surface area (Å²) in [6, 6.07) is 7.74. The van der Waals surface area contributed by atoms with Crippen molar-refractivity contribution in [2.75, 3.05) is 19.5 Å². The van der Waals surface area contributed by atoms with Crippen LogP contribution in [0.2, 0.25) is 0 Å². The second kappa shape index (κ2) is 7.92. The molecule has 2 heterocycles. The van der Waals surface area contributed by atoms with Crippen molar-refractivity contribution < 1.29 is 9.53 Å². The molecular formula is C18H22N4O3S. The number of ether oxygens (including phenoxy) is 1. The third-order valence-electron chi connectivity index (χ3n) is 3.88. The molecule has 2 N–H and O–H groups in total. The second-order valence-electron chi connectivity index (χ2n) is 6.25. The first kappa shape index (κ1) is 18.5. The molecule has 138 valence electrons. The molecule has 0 saturated carbocycles. The smallest absolute Gasteiger partial charge is 0.278 e. The first-order chi connectivity index (χ1) is 12.5. The predicted octanol–water partition coefficient (Wildman–Crippen LogP) is 2.14. The highest BCUT2D eigenvalue weighted by Gasteiger charge is 2.16. The summed E-state index contributed by atoms with van der Waals surface area (Å²) < 4.78 is 6.68. The number of hydrogen-bond donors (Lipinski definition) is 2. The molecule has 0 unspecified atom stereocenters. The molecule has 3 rings (SSSR count). The minimum Gasteiger partial charge on any atom is -0.383 e. The SMILES string of the molecule is COCCn1c(SCC(=O)NC(C)C)nc2c([nH]c3ccccc32)c1=O. The van der Waals surface area contributed by atoms with E-state index in [4.69, 9.17) is 4.74 Å². The Morgan fingerprint density at radius 1 is 1.38 bits per heavy atom. The Morgan fingerprint density at radius 2 is 2.15 bits per heavy atom. The average Bonchev–Trinajstić information content (AvgIpc) is 2.98. The van der Waals surface area contributed by atoms with Crippen molar-refractivity contribution in [2.24, 2.45) is 0 Å². The van der Waals surface area contributed by atoms with Crippen molar-refractivity contribution in [3.05, 3.63) is 34.6 Å². The number of hydrogen-bond acceptors (Lipinski definition) is 5. The zero-order chi connectivity index (χ0) is 18.7. The van der Waals surface area contributed by atoms with Crippen LogP contribution >= 0.6 is 11.8 Å². The lowest BCUT2D eigenvalue weighted by molar-refractivity contribution is -0.119. The van der Waals surface area contributed by atoms with Gasteiger partial charge in [0, 0.05) is 24.1 Å². The molecule has 26 heavy (non-hydrogen) atoms. The van der Waals surface area contributed by atoms with E-state index in [0.717, 1.165) is 10.9 Å². The standard InChI is InChI=1S/C18H22N4O3S/c1-11(2)19-14(23)10-26-18-21-15-12-6-4-5-7-13(12)20-16(15)17(24)22(18)8-9-25-3/h4-7,11,20H,8-10H2,1-3H3,(H,19,23). The summed E-state index contributed by atoms with van der Waals surface area (Å²) in [5.74, 6) is 0.113. The van der Waals surface area contributed by atoms with Crippen LogP contribution in [0.4, 0.5) is 0 Å². The number of fused-ring (bicyclic) bond motifs is 3. The average molecular weight is 374 g/mol. The zero-order valence-corrected chi connectivity index (χ0v) is 15.9. The monoisotopic (exact) mass is 374 g/mol. The number of benzene rings is 1. The summed E-state index contributed by atoms with van der Waals surface area (Å²) in [4.78, 5) is 32.8. The number of thioether (sulfide) groups is 1. The van der Waals surface area contributed by atoms with E-state index < -0.39 is 0 Å². The highest BCUT2D eigenvalue weighted by Crippen LogP contribution is 2.24. The van der Waals surface area contributed by atoms with Crippen molar-refractivity contribution in [2.45, 2.75) is 31.6 Å². The molecule has 0 saturated heterocycles. The molecule has 0 radical (unpaired) electrons. The van der Waals surface area contributed by atoms with Crippen molar-refractivity contribution in [1.82, 2.24) is 19.9 Å². The van der Waals surface area contributed by atoms with Gasteiger partial charge >= 0.3 is 0 Å². The third kappa shape index (κ3) is 3.76. The van der Waals surface area contributed by atoms with Gasteiger partial charge in [0.2, 0.25) is 5.91 Å². The number of H-pyrrole nitrogens is 1. The Labute approximate surface area is 155 Å². The van der Waals surface area contributed by atoms with Crippen LogP contribution in [0, 0.1) is 0 Å². The van der Waals surface area contributed by atoms with Gasteiger partial charge in [0.15, 0.2) is 5.16 Å². The van der Waals surface area contributed by atoms with Crippen molar-refractivity contribution in [3.63, 3.8) is 0 Å². The Morgan fingerprint density at radius 3 is 2.88 bits per heavy atom. The van der Waals surface area contributed by atoms with E-state index in [1.54, 1.807) is 11.7 Å². The highest BCUT2D eigenvalue weighted by molar-refractivity contribution is 7.99. The maximum absolute atomic E-state index is 13.0. The summed E-state index contributed by atoms with van der Waals surface area (Å²) in [6.45, 7) is 4.58. The molecule has 3 aromatic rings. The molecule has 0 atom stereocenters. The van der Waals surface area contributed by atoms with Crippen LogP contribution in [0.5, 0.6) is 0 Å². The maximum Gasteiger partial charge on any atom is 0.278 e. The molecule has 7 nitrogen and oxygen atoms in total. The molecule has 0 fully saturated rings. The van der Waals surface area contributed by atoms with Gasteiger partial charge in [0.05, 0.1) is 18.9 Å². The van der Waals surface area contributed by atoms with Gasteiger partial charge in [0.25, 0.3) is 5.56 Å². The van der Waals surface area contributed by atoms with Gasteiger partial charge in [-0.1, -0.05) is 30.0 Å². The largest absolute Gasteiger partial charge is 0.383 e. The Kier molecular flexibility index (Phi) is 5.63. The summed E-state index contributed by atoms with van der Waals surface area (Å²) in [5.41, 5.74) is 1.81. The van der Waals surface area contributed by atoms with Crippen LogP contribution in [0.1, 0.15) is 13.8 Å². The van der Waals surface area contributed by atoms with Crippen LogP contribution < -0.4 is 10.9 Å². The van der Waals surface area contributed by atoms with Gasteiger partial charge in [-0.3, -0.25) is 14.2 Å². The molecule has 0 spiro atoms. The highest BCUT2D eigenvalue weighted by atomic mass is 32.2. The molecular weight excluding hydrogens is 352 g/mol. The maximum atomic E-state index is 13.0. The molecule has 0 bridgehead atoms. The van der Waals surface area contributed by atoms with E-state index in [-0.39, 0.29) is 23.3 Å². The second-order valence-corrected chi connectivity index (χ2v) is 7.19. The topological polar surface area (TPSA) is 89.0 Å². The fourth-order valence-corrected chi connectivity index (χ4v) is 3.59. The van der Waals surface area contributed by atoms with E-state index >= 15 is 0 Å². The van der Waals surface area contributed by atoms with Gasteiger partial charge < -0.3 is 15.0 Å². The summed E-state index contributed by atoms with van der Waals surface area (Å²) in [5, 5.41) is 4.26. The lowest BCUT2D eigenvalue weighted by atomic mass is 10.2. The van der Waals surface area contributed by atoms with Crippen LogP contribution in [-0.2, 0) is 16.1 Å². The van der Waals surface area contributed by atoms with E-state index in [2.05, 4.69) is 15.3 Å². The van der Waals surface area contributed by atoms with Gasteiger partial charge in [-0.05, 0) is 19.9 Å². The van der Waals surface area contributed by atoms with Crippen molar-refractivity contribution in [1.29, 1.82) is 0 Å². The van der Waals surface area contributed by atoms with Crippen molar-refractivity contribution >= 4 is 39.6 Å². The number of carbonyl (C=O) groups is 1. The molecule has 2 aromatic heterocycles. The van der Waals surface area contributed by atoms with Crippen LogP contribution in [-0.4, -0.2) is 46.0 Å². The lowest BCUT2D eigenvalue weighted by Gasteiger charge is -2.12. The molecule has 8 heteroatoms. The Bertz CT molecular complexity index is 993. The van der Waals surface area contributed by atoms with E-state index in [1.165, 1.54) is 11.8 Å². The van der Waals surface area contributed by atoms with Crippen molar-refractivity contribution in [3.8, 4) is 0 Å². The lowest BCUT2D eigenvalue weighted by Crippen LogP contribution is -2.32. The number of carbonyl (C=O) groups excluding carboxylic acids is 1. The van der Waals surface area contributed by atoms with Gasteiger partial charge in [0.1, 0.15) is 11.0 Å². The van der Waals surface area contributed by atoms with Gasteiger partial charge in [-0.25, -0.2) is 4.98 Å². The number of aromatic amines is 1. The number of nitrogens with one attached hydrogen (secondary N) is 2. The number of nitrogens with zero attached hydrogens (tertiary/aromatic N) is 2. The zero-order valence-electron chi connectivity index (χ0n) is 15.0. The van der Waals surface area contributed by atoms with E-state index in [9.17, 15) is 9.59 Å². The fraction of sp³-hybridized carbons (Fsp3) is 0.389. The molecule has 1 aromatic carbocycles.